The van der Waals surface area contributed by atoms with E-state index in [1.54, 1.807) is 0 Å². The van der Waals surface area contributed by atoms with Crippen LogP contribution < -0.4 is 4.74 Å². The van der Waals surface area contributed by atoms with Gasteiger partial charge in [0.15, 0.2) is 0 Å². The Morgan fingerprint density at radius 3 is 1.91 bits per heavy atom. The maximum Gasteiger partial charge on any atom is 0.328 e. The number of unbranched alkanes of at least 4 members (excludes halogenated alkanes) is 1. The summed E-state index contributed by atoms with van der Waals surface area (Å²) in [7, 11) is 0. The van der Waals surface area contributed by atoms with E-state index in [4.69, 9.17) is 9.84 Å². The smallest absolute Gasteiger partial charge is 0.328 e. The van der Waals surface area contributed by atoms with E-state index in [1.807, 2.05) is 19.1 Å². The molecule has 0 bridgehead atoms. The van der Waals surface area contributed by atoms with Crippen molar-refractivity contribution in [1.29, 1.82) is 0 Å². The maximum absolute atomic E-state index is 10.9. The average molecular weight is 441 g/mol. The largest absolute Gasteiger partial charge is 0.493 e. The van der Waals surface area contributed by atoms with Gasteiger partial charge in [0.25, 0.3) is 0 Å². The van der Waals surface area contributed by atoms with Crippen molar-refractivity contribution in [3.05, 3.63) is 58.2 Å². The highest BCUT2D eigenvalue weighted by Crippen LogP contribution is 2.42. The normalized spacial score (nSPS) is 14.0. The van der Waals surface area contributed by atoms with Crippen LogP contribution in [0.4, 0.5) is 0 Å². The molecule has 3 heteroatoms. The Balaban J connectivity index is 3.73. The van der Waals surface area contributed by atoms with Gasteiger partial charge in [-0.2, -0.15) is 0 Å². The van der Waals surface area contributed by atoms with Crippen molar-refractivity contribution >= 4 is 11.5 Å². The minimum Gasteiger partial charge on any atom is -0.493 e. The van der Waals surface area contributed by atoms with Crippen molar-refractivity contribution < 1.29 is 14.6 Å². The van der Waals surface area contributed by atoms with Gasteiger partial charge in [-0.1, -0.05) is 74.0 Å². The predicted molar refractivity (Wildman–Crippen MR) is 138 cm³/mol. The molecule has 0 aliphatic heterocycles. The van der Waals surface area contributed by atoms with Gasteiger partial charge in [0.2, 0.25) is 0 Å². The summed E-state index contributed by atoms with van der Waals surface area (Å²) in [5, 5.41) is 8.98. The van der Waals surface area contributed by atoms with Crippen molar-refractivity contribution in [2.75, 3.05) is 6.61 Å². The van der Waals surface area contributed by atoms with Crippen LogP contribution in [0.2, 0.25) is 0 Å². The maximum atomic E-state index is 10.9. The zero-order valence-electron chi connectivity index (χ0n) is 22.0. The first-order valence-electron chi connectivity index (χ1n) is 11.8. The van der Waals surface area contributed by atoms with Gasteiger partial charge in [0.05, 0.1) is 6.61 Å². The zero-order valence-corrected chi connectivity index (χ0v) is 22.0. The molecule has 32 heavy (non-hydrogen) atoms. The second-order valence-corrected chi connectivity index (χ2v) is 10.7. The summed E-state index contributed by atoms with van der Waals surface area (Å²) in [6.45, 7) is 22.5. The minimum absolute atomic E-state index is 0.0547. The summed E-state index contributed by atoms with van der Waals surface area (Å²) in [5.74, 6) is 0.109. The molecule has 0 fully saturated rings. The highest BCUT2D eigenvalue weighted by Gasteiger charge is 2.28. The van der Waals surface area contributed by atoms with Crippen molar-refractivity contribution in [3.63, 3.8) is 0 Å². The number of carboxylic acid groups (broad SMARTS) is 1. The number of carbonyl (C=O) groups is 1. The summed E-state index contributed by atoms with van der Waals surface area (Å²) in [4.78, 5) is 10.9. The van der Waals surface area contributed by atoms with Crippen molar-refractivity contribution in [2.45, 2.75) is 99.3 Å². The van der Waals surface area contributed by atoms with Crippen LogP contribution in [0.1, 0.15) is 105 Å². The van der Waals surface area contributed by atoms with Crippen molar-refractivity contribution in [1.82, 2.24) is 0 Å². The fourth-order valence-corrected chi connectivity index (χ4v) is 3.60. The highest BCUT2D eigenvalue weighted by molar-refractivity contribution is 5.81. The molecule has 0 aliphatic carbocycles. The molecule has 0 saturated carbocycles. The van der Waals surface area contributed by atoms with Crippen molar-refractivity contribution in [2.24, 2.45) is 0 Å². The van der Waals surface area contributed by atoms with E-state index in [1.165, 1.54) is 33.9 Å². The quantitative estimate of drug-likeness (QED) is 0.239. The average Bonchev–Trinajstić information content (AvgIpc) is 2.66. The first kappa shape index (κ1) is 27.7. The lowest BCUT2D eigenvalue weighted by atomic mass is 9.77. The molecule has 0 spiro atoms. The highest BCUT2D eigenvalue weighted by atomic mass is 16.5. The standard InChI is InChI=1S/C29H44O3/c1-11-13-16-32-27-24(28(5,6)7)18-23(19-25(27)29(8,9)10)21(4)22(12-2)15-14-20(3)17-26(30)31/h14-15,17-19H,11-13,16H2,1-10H3,(H,30,31)/b15-14?,20-17?,22-21+. The number of hydrogen-bond donors (Lipinski definition) is 1. The summed E-state index contributed by atoms with van der Waals surface area (Å²) in [6.07, 6.45) is 8.18. The predicted octanol–water partition coefficient (Wildman–Crippen LogP) is 8.23. The molecule has 3 nitrogen and oxygen atoms in total. The van der Waals surface area contributed by atoms with E-state index in [-0.39, 0.29) is 10.8 Å². The van der Waals surface area contributed by atoms with E-state index < -0.39 is 5.97 Å². The number of allylic oxidation sites excluding steroid dienone is 5. The lowest BCUT2D eigenvalue weighted by Crippen LogP contribution is -2.20. The number of carboxylic acids is 1. The van der Waals surface area contributed by atoms with Gasteiger partial charge in [-0.3, -0.25) is 0 Å². The van der Waals surface area contributed by atoms with Gasteiger partial charge < -0.3 is 9.84 Å². The van der Waals surface area contributed by atoms with Crippen LogP contribution in [-0.2, 0) is 15.6 Å². The Hall–Kier alpha value is -2.29. The van der Waals surface area contributed by atoms with Crippen LogP contribution in [0, 0.1) is 0 Å². The van der Waals surface area contributed by atoms with Crippen LogP contribution in [-0.4, -0.2) is 17.7 Å². The Kier molecular flexibility index (Phi) is 10.0. The Labute approximate surface area is 196 Å². The number of ether oxygens (including phenoxy) is 1. The molecule has 0 aromatic heterocycles. The molecule has 0 heterocycles. The van der Waals surface area contributed by atoms with Crippen LogP contribution in [0.3, 0.4) is 0 Å². The van der Waals surface area contributed by atoms with Gasteiger partial charge in [0.1, 0.15) is 5.75 Å². The van der Waals surface area contributed by atoms with E-state index in [9.17, 15) is 4.79 Å². The summed E-state index contributed by atoms with van der Waals surface area (Å²) in [5.41, 5.74) is 6.69. The third-order valence-corrected chi connectivity index (χ3v) is 5.64. The molecule has 1 rings (SSSR count). The van der Waals surface area contributed by atoms with Crippen LogP contribution in [0.15, 0.2) is 41.5 Å². The lowest BCUT2D eigenvalue weighted by molar-refractivity contribution is -0.131. The monoisotopic (exact) mass is 440 g/mol. The van der Waals surface area contributed by atoms with Gasteiger partial charge in [-0.15, -0.1) is 0 Å². The third kappa shape index (κ3) is 8.00. The number of rotatable bonds is 9. The van der Waals surface area contributed by atoms with Crippen LogP contribution in [0.25, 0.3) is 5.57 Å². The van der Waals surface area contributed by atoms with E-state index in [2.05, 4.69) is 74.4 Å². The summed E-state index contributed by atoms with van der Waals surface area (Å²) in [6, 6.07) is 4.57. The molecular weight excluding hydrogens is 396 g/mol. The van der Waals surface area contributed by atoms with Gasteiger partial charge in [-0.25, -0.2) is 4.79 Å². The molecule has 1 aromatic carbocycles. The van der Waals surface area contributed by atoms with E-state index in [0.717, 1.165) is 37.2 Å². The number of aliphatic carboxylic acids is 1. The third-order valence-electron chi connectivity index (χ3n) is 5.64. The molecular formula is C29H44O3. The Morgan fingerprint density at radius 1 is 0.969 bits per heavy atom. The van der Waals surface area contributed by atoms with E-state index >= 15 is 0 Å². The Bertz CT molecular complexity index is 849. The topological polar surface area (TPSA) is 46.5 Å². The summed E-state index contributed by atoms with van der Waals surface area (Å²) < 4.78 is 6.41. The Morgan fingerprint density at radius 2 is 1.50 bits per heavy atom. The number of hydrogen-bond acceptors (Lipinski definition) is 2. The fraction of sp³-hybridized carbons (Fsp3) is 0.552. The molecule has 1 N–H and O–H groups in total. The molecule has 0 radical (unpaired) electrons. The second kappa shape index (κ2) is 11.5. The lowest BCUT2D eigenvalue weighted by Gasteiger charge is -2.31. The first-order valence-corrected chi connectivity index (χ1v) is 11.8. The molecule has 0 atom stereocenters. The second-order valence-electron chi connectivity index (χ2n) is 10.7. The van der Waals surface area contributed by atoms with Crippen molar-refractivity contribution in [3.8, 4) is 5.75 Å². The molecule has 178 valence electrons. The van der Waals surface area contributed by atoms with Crippen LogP contribution >= 0.6 is 0 Å². The zero-order chi connectivity index (χ0) is 24.7. The molecule has 1 aromatic rings. The first-order chi connectivity index (χ1) is 14.7. The molecule has 0 amide bonds. The van der Waals surface area contributed by atoms with Gasteiger partial charge in [0, 0.05) is 17.2 Å². The fourth-order valence-electron chi connectivity index (χ4n) is 3.60. The molecule has 0 unspecified atom stereocenters. The minimum atomic E-state index is -0.922. The van der Waals surface area contributed by atoms with Crippen LogP contribution in [0.5, 0.6) is 5.75 Å². The van der Waals surface area contributed by atoms with E-state index in [0.29, 0.717) is 0 Å². The summed E-state index contributed by atoms with van der Waals surface area (Å²) >= 11 is 0. The van der Waals surface area contributed by atoms with Gasteiger partial charge in [-0.05, 0) is 71.9 Å². The molecule has 0 aliphatic rings. The number of benzene rings is 1. The van der Waals surface area contributed by atoms with Gasteiger partial charge >= 0.3 is 5.97 Å². The SMILES string of the molecule is CCCCOc1c(C(C)(C)C)cc(/C(C)=C(/C=CC(C)=CC(=O)O)CC)cc1C(C)(C)C. The molecule has 0 saturated heterocycles.